The summed E-state index contributed by atoms with van der Waals surface area (Å²) >= 11 is 1.44. The Kier molecular flexibility index (Phi) is 14.9. The molecule has 3 atom stereocenters. The number of nitrogens with one attached hydrogen (secondary N) is 2. The molecule has 2 N–H and O–H groups in total. The minimum Gasteiger partial charge on any atom is -0.419 e. The highest BCUT2D eigenvalue weighted by Crippen LogP contribution is 2.25. The van der Waals surface area contributed by atoms with Crippen LogP contribution in [0.3, 0.4) is 0 Å². The van der Waals surface area contributed by atoms with Crippen molar-refractivity contribution in [2.45, 2.75) is 84.2 Å². The first-order valence-corrected chi connectivity index (χ1v) is 14.0. The van der Waals surface area contributed by atoms with Crippen molar-refractivity contribution in [2.24, 2.45) is 11.8 Å². The molecule has 1 unspecified atom stereocenters. The van der Waals surface area contributed by atoms with Crippen LogP contribution >= 0.6 is 11.8 Å². The Morgan fingerprint density at radius 2 is 1.92 bits per heavy atom. The molecule has 1 aliphatic rings. The van der Waals surface area contributed by atoms with Gasteiger partial charge in [0.25, 0.3) is 11.1 Å². The Morgan fingerprint density at radius 1 is 1.21 bits per heavy atom. The molecule has 1 aromatic carbocycles. The Bertz CT molecular complexity index is 1000. The normalized spacial score (nSPS) is 17.6. The van der Waals surface area contributed by atoms with Crippen LogP contribution in [0.2, 0.25) is 0 Å². The quantitative estimate of drug-likeness (QED) is 0.405. The van der Waals surface area contributed by atoms with Crippen molar-refractivity contribution in [1.29, 1.82) is 0 Å². The molecule has 0 aliphatic heterocycles. The van der Waals surface area contributed by atoms with Crippen LogP contribution in [-0.4, -0.2) is 65.1 Å². The summed E-state index contributed by atoms with van der Waals surface area (Å²) in [6.07, 6.45) is 7.26. The van der Waals surface area contributed by atoms with Gasteiger partial charge in [-0.15, -0.1) is 10.2 Å². The number of benzene rings is 1. The van der Waals surface area contributed by atoms with Gasteiger partial charge in [-0.1, -0.05) is 58.0 Å². The third-order valence-corrected chi connectivity index (χ3v) is 6.66. The van der Waals surface area contributed by atoms with E-state index < -0.39 is 6.04 Å². The topological polar surface area (TPSA) is 117 Å². The van der Waals surface area contributed by atoms with Crippen LogP contribution in [0.15, 0.2) is 40.3 Å². The van der Waals surface area contributed by atoms with Crippen molar-refractivity contribution in [3.8, 4) is 0 Å². The van der Waals surface area contributed by atoms with Gasteiger partial charge in [0, 0.05) is 19.6 Å². The minimum atomic E-state index is -0.460. The molecule has 0 spiro atoms. The number of carbonyl (C=O) groups excluding carboxylic acids is 3. The first-order chi connectivity index (χ1) is 17.6. The molecule has 1 fully saturated rings. The van der Waals surface area contributed by atoms with E-state index in [2.05, 4.69) is 25.7 Å². The fraction of sp³-hybridized carbons (Fsp3) is 0.607. The first-order valence-electron chi connectivity index (χ1n) is 12.8. The summed E-state index contributed by atoms with van der Waals surface area (Å²) in [7, 11) is 3.98. The molecule has 2 amide bonds. The standard InChI is InChI=1S/C24H37N3O3.C3H4N2OS.CH4.H2/c1-16(2)13-22(17(3)28)26-24(30)20-11-6-7-12-21(20)25-23(29)19-10-8-9-18(14-19)15-27(4)5;1-7-3-5-4-2-6-3;;/h8-10,14,16,20-22H,6-7,11-13,15H2,1-5H3,(H,25,29)(H,26,30);2H,1H3;1H4;1H/t20-,21+,22?;;;/m1.../s1. The number of Topliss-reactive ketones (excluding diaryl/α,β-unsaturated/α-hetero) is 1. The van der Waals surface area contributed by atoms with E-state index in [9.17, 15) is 14.4 Å². The molecule has 2 aromatic rings. The molecule has 3 rings (SSSR count). The average molecular weight is 550 g/mol. The first kappa shape index (κ1) is 33.3. The van der Waals surface area contributed by atoms with Crippen LogP contribution in [0, 0.1) is 11.8 Å². The third kappa shape index (κ3) is 11.3. The van der Waals surface area contributed by atoms with E-state index >= 15 is 0 Å². The number of nitrogens with zero attached hydrogens (tertiary/aromatic N) is 3. The summed E-state index contributed by atoms with van der Waals surface area (Å²) in [6, 6.07) is 6.93. The summed E-state index contributed by atoms with van der Waals surface area (Å²) < 4.78 is 4.72. The van der Waals surface area contributed by atoms with Crippen molar-refractivity contribution in [1.82, 2.24) is 25.7 Å². The highest BCUT2D eigenvalue weighted by Gasteiger charge is 2.33. The molecule has 214 valence electrons. The number of amides is 2. The zero-order chi connectivity index (χ0) is 27.4. The summed E-state index contributed by atoms with van der Waals surface area (Å²) in [4.78, 5) is 39.9. The van der Waals surface area contributed by atoms with Crippen LogP contribution in [0.4, 0.5) is 0 Å². The van der Waals surface area contributed by atoms with Gasteiger partial charge in [-0.25, -0.2) is 0 Å². The van der Waals surface area contributed by atoms with Crippen molar-refractivity contribution in [3.63, 3.8) is 0 Å². The molecular formula is C28H47N5O4S. The fourth-order valence-electron chi connectivity index (χ4n) is 4.37. The monoisotopic (exact) mass is 549 g/mol. The molecule has 0 saturated heterocycles. The Balaban J connectivity index is 0.00000139. The van der Waals surface area contributed by atoms with E-state index in [0.29, 0.717) is 23.1 Å². The lowest BCUT2D eigenvalue weighted by Crippen LogP contribution is -2.51. The molecular weight excluding hydrogens is 502 g/mol. The van der Waals surface area contributed by atoms with Crippen molar-refractivity contribution >= 4 is 29.4 Å². The zero-order valence-corrected chi connectivity index (χ0v) is 23.6. The van der Waals surface area contributed by atoms with Gasteiger partial charge >= 0.3 is 0 Å². The van der Waals surface area contributed by atoms with Crippen LogP contribution in [-0.2, 0) is 16.1 Å². The number of rotatable bonds is 10. The molecule has 38 heavy (non-hydrogen) atoms. The lowest BCUT2D eigenvalue weighted by Gasteiger charge is -2.32. The van der Waals surface area contributed by atoms with E-state index in [1.54, 1.807) is 6.07 Å². The van der Waals surface area contributed by atoms with E-state index in [1.807, 2.05) is 52.4 Å². The SMILES string of the molecule is C.CC(=O)C(CC(C)C)NC(=O)[C@@H]1CCCC[C@@H]1NC(=O)c1cccc(CN(C)C)c1.CSc1nnco1.[HH]. The number of aromatic nitrogens is 2. The second-order valence-corrected chi connectivity index (χ2v) is 10.9. The van der Waals surface area contributed by atoms with Gasteiger partial charge in [-0.2, -0.15) is 0 Å². The molecule has 1 heterocycles. The number of ketones is 1. The molecule has 0 radical (unpaired) electrons. The Labute approximate surface area is 233 Å². The lowest BCUT2D eigenvalue weighted by molar-refractivity contribution is -0.131. The molecule has 10 heteroatoms. The van der Waals surface area contributed by atoms with Crippen molar-refractivity contribution in [3.05, 3.63) is 41.8 Å². The molecule has 9 nitrogen and oxygen atoms in total. The summed E-state index contributed by atoms with van der Waals surface area (Å²) in [5, 5.41) is 13.7. The third-order valence-electron chi connectivity index (χ3n) is 6.14. The molecule has 1 saturated carbocycles. The molecule has 1 aromatic heterocycles. The van der Waals surface area contributed by atoms with Crippen LogP contribution in [0.5, 0.6) is 0 Å². The second kappa shape index (κ2) is 17.0. The highest BCUT2D eigenvalue weighted by molar-refractivity contribution is 7.98. The number of carbonyl (C=O) groups is 3. The molecule has 0 bridgehead atoms. The van der Waals surface area contributed by atoms with Gasteiger partial charge in [-0.05, 0) is 70.2 Å². The van der Waals surface area contributed by atoms with Crippen LogP contribution < -0.4 is 10.6 Å². The number of hydrogen-bond donors (Lipinski definition) is 2. The maximum absolute atomic E-state index is 13.0. The van der Waals surface area contributed by atoms with Gasteiger partial charge in [-0.3, -0.25) is 14.4 Å². The fourth-order valence-corrected chi connectivity index (χ4v) is 4.64. The Morgan fingerprint density at radius 3 is 2.47 bits per heavy atom. The number of hydrogen-bond acceptors (Lipinski definition) is 8. The number of thioether (sulfide) groups is 1. The average Bonchev–Trinajstić information content (AvgIpc) is 3.38. The summed E-state index contributed by atoms with van der Waals surface area (Å²) in [5.41, 5.74) is 1.68. The summed E-state index contributed by atoms with van der Waals surface area (Å²) in [5.74, 6) is -0.281. The second-order valence-electron chi connectivity index (χ2n) is 10.1. The Hall–Kier alpha value is -2.72. The van der Waals surface area contributed by atoms with Gasteiger partial charge in [0.15, 0.2) is 5.78 Å². The van der Waals surface area contributed by atoms with Crippen LogP contribution in [0.1, 0.15) is 77.7 Å². The van der Waals surface area contributed by atoms with Gasteiger partial charge < -0.3 is 20.0 Å². The largest absolute Gasteiger partial charge is 0.419 e. The molecule has 1 aliphatic carbocycles. The highest BCUT2D eigenvalue weighted by atomic mass is 32.2. The van der Waals surface area contributed by atoms with Crippen molar-refractivity contribution in [2.75, 3.05) is 20.4 Å². The minimum absolute atomic E-state index is 0. The maximum Gasteiger partial charge on any atom is 0.276 e. The van der Waals surface area contributed by atoms with E-state index in [1.165, 1.54) is 25.1 Å². The van der Waals surface area contributed by atoms with Crippen molar-refractivity contribution < 1.29 is 20.2 Å². The van der Waals surface area contributed by atoms with Gasteiger partial charge in [0.1, 0.15) is 0 Å². The predicted octanol–water partition coefficient (Wildman–Crippen LogP) is 4.83. The summed E-state index contributed by atoms with van der Waals surface area (Å²) in [6.45, 7) is 6.36. The maximum atomic E-state index is 13.0. The van der Waals surface area contributed by atoms with Gasteiger partial charge in [0.2, 0.25) is 12.3 Å². The van der Waals surface area contributed by atoms with E-state index in [-0.39, 0.29) is 38.4 Å². The zero-order valence-electron chi connectivity index (χ0n) is 22.8. The van der Waals surface area contributed by atoms with Crippen LogP contribution in [0.25, 0.3) is 0 Å². The smallest absolute Gasteiger partial charge is 0.276 e. The van der Waals surface area contributed by atoms with E-state index in [4.69, 9.17) is 4.42 Å². The predicted molar refractivity (Wildman–Crippen MR) is 154 cm³/mol. The van der Waals surface area contributed by atoms with Gasteiger partial charge in [0.05, 0.1) is 12.0 Å². The van der Waals surface area contributed by atoms with E-state index in [0.717, 1.165) is 37.8 Å². The lowest BCUT2D eigenvalue weighted by atomic mass is 9.83.